The SMILES string of the molecule is COc1cc(C(C)C)c(Oc2ncc(N)nc2N)cc1C#N.COc1cc(C(C)C)c(Oc2ncc(N)nc2N)cc1C1=NCCN1.NCCN. The van der Waals surface area contributed by atoms with E-state index in [0.29, 0.717) is 35.9 Å². The van der Waals surface area contributed by atoms with Crippen LogP contribution in [0.5, 0.6) is 34.8 Å². The van der Waals surface area contributed by atoms with E-state index in [4.69, 9.17) is 53.3 Å². The second-order valence-corrected chi connectivity index (χ2v) is 11.5. The average Bonchev–Trinajstić information content (AvgIpc) is 3.65. The molecule has 17 nitrogen and oxygen atoms in total. The number of nitriles is 1. The maximum atomic E-state index is 9.21. The van der Waals surface area contributed by atoms with E-state index >= 15 is 0 Å². The van der Waals surface area contributed by atoms with Gasteiger partial charge in [0.1, 0.15) is 46.5 Å². The fourth-order valence-corrected chi connectivity index (χ4v) is 4.60. The predicted octanol–water partition coefficient (Wildman–Crippen LogP) is 3.26. The van der Waals surface area contributed by atoms with E-state index in [-0.39, 0.29) is 46.9 Å². The Bertz CT molecular complexity index is 1860. The largest absolute Gasteiger partial charge is 0.496 e. The molecule has 1 aliphatic rings. The van der Waals surface area contributed by atoms with Crippen LogP contribution < -0.4 is 58.7 Å². The molecular formula is C34H47N13O4. The summed E-state index contributed by atoms with van der Waals surface area (Å²) in [5, 5.41) is 12.5. The van der Waals surface area contributed by atoms with Gasteiger partial charge in [-0.1, -0.05) is 27.7 Å². The zero-order chi connectivity index (χ0) is 37.7. The first-order chi connectivity index (χ1) is 24.4. The second-order valence-electron chi connectivity index (χ2n) is 11.5. The third-order valence-electron chi connectivity index (χ3n) is 7.10. The fourth-order valence-electron chi connectivity index (χ4n) is 4.60. The van der Waals surface area contributed by atoms with Crippen LogP contribution in [-0.4, -0.2) is 66.2 Å². The molecule has 272 valence electrons. The van der Waals surface area contributed by atoms with Crippen molar-refractivity contribution in [2.24, 2.45) is 16.5 Å². The van der Waals surface area contributed by atoms with Crippen LogP contribution in [0.1, 0.15) is 61.8 Å². The number of nitrogens with two attached hydrogens (primary N) is 6. The van der Waals surface area contributed by atoms with Gasteiger partial charge in [0, 0.05) is 36.8 Å². The molecule has 51 heavy (non-hydrogen) atoms. The van der Waals surface area contributed by atoms with Gasteiger partial charge in [-0.3, -0.25) is 4.99 Å². The third-order valence-corrected chi connectivity index (χ3v) is 7.10. The number of methoxy groups -OCH3 is 2. The highest BCUT2D eigenvalue weighted by Crippen LogP contribution is 2.38. The van der Waals surface area contributed by atoms with Crippen molar-refractivity contribution in [3.8, 4) is 40.8 Å². The Hall–Kier alpha value is -6.12. The van der Waals surface area contributed by atoms with Gasteiger partial charge in [0.2, 0.25) is 0 Å². The molecular weight excluding hydrogens is 654 g/mol. The summed E-state index contributed by atoms with van der Waals surface area (Å²) in [7, 11) is 3.16. The minimum absolute atomic E-state index is 0.0871. The molecule has 0 unspecified atom stereocenters. The number of nitrogen functional groups attached to an aromatic ring is 4. The highest BCUT2D eigenvalue weighted by molar-refractivity contribution is 6.02. The smallest absolute Gasteiger partial charge is 0.262 e. The lowest BCUT2D eigenvalue weighted by Crippen LogP contribution is -2.20. The summed E-state index contributed by atoms with van der Waals surface area (Å²) in [5.41, 5.74) is 35.6. The first-order valence-electron chi connectivity index (χ1n) is 16.0. The van der Waals surface area contributed by atoms with Gasteiger partial charge in [0.25, 0.3) is 11.8 Å². The van der Waals surface area contributed by atoms with Crippen LogP contribution in [0.25, 0.3) is 0 Å². The van der Waals surface area contributed by atoms with Crippen molar-refractivity contribution in [3.05, 3.63) is 58.9 Å². The minimum atomic E-state index is 0.0871. The van der Waals surface area contributed by atoms with Crippen LogP contribution in [0, 0.1) is 11.3 Å². The molecule has 1 aliphatic heterocycles. The van der Waals surface area contributed by atoms with Gasteiger partial charge in [-0.15, -0.1) is 0 Å². The number of nitrogens with zero attached hydrogens (tertiary/aromatic N) is 6. The zero-order valence-electron chi connectivity index (χ0n) is 29.7. The summed E-state index contributed by atoms with van der Waals surface area (Å²) in [6.07, 6.45) is 2.77. The summed E-state index contributed by atoms with van der Waals surface area (Å²) in [6.45, 7) is 10.9. The number of hydrogen-bond acceptors (Lipinski definition) is 17. The van der Waals surface area contributed by atoms with Gasteiger partial charge in [-0.25, -0.2) is 19.9 Å². The Morgan fingerprint density at radius 1 is 0.745 bits per heavy atom. The van der Waals surface area contributed by atoms with Crippen LogP contribution in [0.2, 0.25) is 0 Å². The Kier molecular flexibility index (Phi) is 14.3. The normalized spacial score (nSPS) is 11.7. The molecule has 0 saturated carbocycles. The number of benzene rings is 2. The molecule has 13 N–H and O–H groups in total. The second kappa shape index (κ2) is 18.6. The molecule has 0 aliphatic carbocycles. The van der Waals surface area contributed by atoms with E-state index in [2.05, 4.69) is 50.2 Å². The number of aromatic nitrogens is 4. The Labute approximate surface area is 297 Å². The van der Waals surface area contributed by atoms with Crippen molar-refractivity contribution >= 4 is 29.1 Å². The molecule has 0 spiro atoms. The van der Waals surface area contributed by atoms with Crippen LogP contribution >= 0.6 is 0 Å². The molecule has 4 aromatic rings. The van der Waals surface area contributed by atoms with E-state index in [9.17, 15) is 5.26 Å². The molecule has 2 aromatic carbocycles. The molecule has 0 atom stereocenters. The predicted molar refractivity (Wildman–Crippen MR) is 198 cm³/mol. The van der Waals surface area contributed by atoms with Gasteiger partial charge in [0.15, 0.2) is 11.6 Å². The molecule has 17 heteroatoms. The van der Waals surface area contributed by atoms with Gasteiger partial charge in [-0.2, -0.15) is 5.26 Å². The lowest BCUT2D eigenvalue weighted by Gasteiger charge is -2.18. The topological polar surface area (TPSA) is 293 Å². The number of anilines is 4. The first-order valence-corrected chi connectivity index (χ1v) is 16.0. The van der Waals surface area contributed by atoms with Crippen LogP contribution in [0.3, 0.4) is 0 Å². The molecule has 3 heterocycles. The van der Waals surface area contributed by atoms with Crippen LogP contribution in [-0.2, 0) is 0 Å². The van der Waals surface area contributed by atoms with E-state index < -0.39 is 0 Å². The number of amidine groups is 1. The van der Waals surface area contributed by atoms with E-state index in [0.717, 1.165) is 41.4 Å². The van der Waals surface area contributed by atoms with Gasteiger partial charge >= 0.3 is 0 Å². The minimum Gasteiger partial charge on any atom is -0.496 e. The summed E-state index contributed by atoms with van der Waals surface area (Å²) >= 11 is 0. The highest BCUT2D eigenvalue weighted by Gasteiger charge is 2.21. The highest BCUT2D eigenvalue weighted by atomic mass is 16.5. The molecule has 2 aromatic heterocycles. The van der Waals surface area contributed by atoms with Crippen LogP contribution in [0.15, 0.2) is 41.7 Å². The Balaban J connectivity index is 0.000000251. The molecule has 0 fully saturated rings. The number of rotatable bonds is 10. The molecule has 5 rings (SSSR count). The Morgan fingerprint density at radius 2 is 1.24 bits per heavy atom. The van der Waals surface area contributed by atoms with E-state index in [1.807, 2.05) is 26.0 Å². The first kappa shape index (κ1) is 39.3. The monoisotopic (exact) mass is 701 g/mol. The lowest BCUT2D eigenvalue weighted by atomic mass is 9.99. The summed E-state index contributed by atoms with van der Waals surface area (Å²) in [5.74, 6) is 4.54. The molecule has 0 amide bonds. The van der Waals surface area contributed by atoms with Crippen molar-refractivity contribution in [3.63, 3.8) is 0 Å². The summed E-state index contributed by atoms with van der Waals surface area (Å²) < 4.78 is 22.5. The van der Waals surface area contributed by atoms with E-state index in [1.165, 1.54) is 19.5 Å². The number of aliphatic imine (C=N–C) groups is 1. The van der Waals surface area contributed by atoms with Gasteiger partial charge < -0.3 is 58.7 Å². The van der Waals surface area contributed by atoms with Crippen molar-refractivity contribution in [2.75, 3.05) is 63.3 Å². The molecule has 0 saturated heterocycles. The number of ether oxygens (including phenoxy) is 4. The maximum absolute atomic E-state index is 9.21. The quantitative estimate of drug-likeness (QED) is 0.125. The number of nitrogens with one attached hydrogen (secondary N) is 1. The maximum Gasteiger partial charge on any atom is 0.262 e. The lowest BCUT2D eigenvalue weighted by molar-refractivity contribution is 0.408. The van der Waals surface area contributed by atoms with Crippen molar-refractivity contribution < 1.29 is 18.9 Å². The molecule has 0 bridgehead atoms. The summed E-state index contributed by atoms with van der Waals surface area (Å²) in [4.78, 5) is 20.5. The Morgan fingerprint density at radius 3 is 1.63 bits per heavy atom. The zero-order valence-corrected chi connectivity index (χ0v) is 29.7. The number of hydrogen-bond donors (Lipinski definition) is 7. The van der Waals surface area contributed by atoms with Gasteiger partial charge in [-0.05, 0) is 30.0 Å². The third kappa shape index (κ3) is 10.4. The van der Waals surface area contributed by atoms with Crippen molar-refractivity contribution in [1.82, 2.24) is 25.3 Å². The fraction of sp³-hybridized carbons (Fsp3) is 0.353. The summed E-state index contributed by atoms with van der Waals surface area (Å²) in [6, 6.07) is 9.30. The standard InChI is InChI=1S/C17H22N6O2.C15H17N5O2.C2H8N2/c1-9(2)10-6-12(24-3)11(16-20-4-5-21-16)7-13(10)25-17-15(19)23-14(18)8-22-17;1-8(2)10-5-11(21-3)9(6-16)4-12(10)22-15-14(18)20-13(17)7-19-15;3-1-2-4/h6-9H,4-5H2,1-3H3,(H,20,21)(H4,18,19,23);4-5,7-8H,1-3H3,(H4,17,18,20);1-4H2. The average molecular weight is 702 g/mol. The van der Waals surface area contributed by atoms with Crippen LogP contribution in [0.4, 0.5) is 23.3 Å². The van der Waals surface area contributed by atoms with Crippen molar-refractivity contribution in [2.45, 2.75) is 39.5 Å². The molecule has 0 radical (unpaired) electrons. The van der Waals surface area contributed by atoms with Gasteiger partial charge in [0.05, 0.1) is 44.3 Å². The van der Waals surface area contributed by atoms with Crippen molar-refractivity contribution in [1.29, 1.82) is 5.26 Å². The van der Waals surface area contributed by atoms with E-state index in [1.54, 1.807) is 19.2 Å².